The van der Waals surface area contributed by atoms with E-state index in [9.17, 15) is 15.2 Å². The number of nitro groups is 1. The van der Waals surface area contributed by atoms with Gasteiger partial charge in [0.05, 0.1) is 10.5 Å². The van der Waals surface area contributed by atoms with Gasteiger partial charge in [0.2, 0.25) is 5.82 Å². The van der Waals surface area contributed by atoms with Gasteiger partial charge in [0.1, 0.15) is 5.82 Å². The second kappa shape index (κ2) is 5.63. The molecule has 7 heteroatoms. The molecule has 1 rings (SSSR count). The molecule has 1 unspecified atom stereocenters. The Morgan fingerprint density at radius 1 is 1.56 bits per heavy atom. The molecule has 0 fully saturated rings. The van der Waals surface area contributed by atoms with Crippen LogP contribution < -0.4 is 10.6 Å². The van der Waals surface area contributed by atoms with Gasteiger partial charge in [0, 0.05) is 19.7 Å². The van der Waals surface area contributed by atoms with Crippen LogP contribution in [-0.4, -0.2) is 34.2 Å². The van der Waals surface area contributed by atoms with Crippen LogP contribution in [0.2, 0.25) is 0 Å². The Bertz CT molecular complexity index is 434. The fourth-order valence-electron chi connectivity index (χ4n) is 1.27. The third-order valence-corrected chi connectivity index (χ3v) is 2.73. The number of hydrogen-bond acceptors (Lipinski definition) is 6. The van der Waals surface area contributed by atoms with Crippen molar-refractivity contribution in [3.8, 4) is 0 Å². The zero-order valence-corrected chi connectivity index (χ0v) is 10.7. The third-order valence-electron chi connectivity index (χ3n) is 2.73. The number of nitrogens with zero attached hydrogens (tertiary/aromatic N) is 2. The molecule has 0 aromatic carbocycles. The van der Waals surface area contributed by atoms with E-state index in [1.165, 1.54) is 12.1 Å². The first kappa shape index (κ1) is 14.2. The molecule has 1 aromatic rings. The van der Waals surface area contributed by atoms with Crippen LogP contribution in [0.1, 0.15) is 20.3 Å². The monoisotopic (exact) mass is 254 g/mol. The normalized spacial score (nSPS) is 13.8. The Morgan fingerprint density at radius 2 is 2.22 bits per heavy atom. The average molecular weight is 254 g/mol. The van der Waals surface area contributed by atoms with Crippen molar-refractivity contribution in [1.29, 1.82) is 0 Å². The van der Waals surface area contributed by atoms with Gasteiger partial charge in [-0.3, -0.25) is 10.1 Å². The quantitative estimate of drug-likeness (QED) is 0.526. The summed E-state index contributed by atoms with van der Waals surface area (Å²) in [5, 5.41) is 26.3. The molecule has 7 nitrogen and oxygen atoms in total. The predicted octanol–water partition coefficient (Wildman–Crippen LogP) is 1.60. The van der Waals surface area contributed by atoms with E-state index in [0.29, 0.717) is 12.2 Å². The maximum Gasteiger partial charge on any atom is 0.311 e. The van der Waals surface area contributed by atoms with Crippen LogP contribution in [0.4, 0.5) is 17.3 Å². The molecule has 0 aliphatic heterocycles. The van der Waals surface area contributed by atoms with Gasteiger partial charge in [-0.2, -0.15) is 0 Å². The van der Waals surface area contributed by atoms with E-state index in [0.717, 1.165) is 0 Å². The topological polar surface area (TPSA) is 100 Å². The van der Waals surface area contributed by atoms with Crippen molar-refractivity contribution in [2.24, 2.45) is 0 Å². The molecule has 0 amide bonds. The van der Waals surface area contributed by atoms with Gasteiger partial charge in [-0.05, 0) is 19.4 Å². The molecular formula is C11H18N4O3. The van der Waals surface area contributed by atoms with Crippen LogP contribution >= 0.6 is 0 Å². The molecule has 0 bridgehead atoms. The summed E-state index contributed by atoms with van der Waals surface area (Å²) < 4.78 is 0. The Morgan fingerprint density at radius 3 is 2.72 bits per heavy atom. The van der Waals surface area contributed by atoms with Crippen molar-refractivity contribution >= 4 is 17.3 Å². The lowest BCUT2D eigenvalue weighted by atomic mass is 10.0. The highest BCUT2D eigenvalue weighted by atomic mass is 16.6. The van der Waals surface area contributed by atoms with Gasteiger partial charge >= 0.3 is 5.69 Å². The van der Waals surface area contributed by atoms with Gasteiger partial charge in [-0.25, -0.2) is 4.98 Å². The maximum atomic E-state index is 10.9. The highest BCUT2D eigenvalue weighted by molar-refractivity contribution is 5.60. The fourth-order valence-corrected chi connectivity index (χ4v) is 1.27. The number of rotatable bonds is 6. The van der Waals surface area contributed by atoms with Gasteiger partial charge < -0.3 is 15.7 Å². The SMILES string of the molecule is CCC(C)(O)CNc1nc(NC)ccc1[N+](=O)[O-]. The third kappa shape index (κ3) is 3.56. The minimum atomic E-state index is -0.925. The molecule has 0 aliphatic rings. The van der Waals surface area contributed by atoms with Gasteiger partial charge in [-0.15, -0.1) is 0 Å². The zero-order valence-electron chi connectivity index (χ0n) is 10.7. The van der Waals surface area contributed by atoms with Gasteiger partial charge in [0.15, 0.2) is 0 Å². The highest BCUT2D eigenvalue weighted by Crippen LogP contribution is 2.24. The molecule has 0 saturated carbocycles. The van der Waals surface area contributed by atoms with Crippen molar-refractivity contribution in [2.75, 3.05) is 24.2 Å². The summed E-state index contributed by atoms with van der Waals surface area (Å²) in [6.07, 6.45) is 0.541. The highest BCUT2D eigenvalue weighted by Gasteiger charge is 2.21. The van der Waals surface area contributed by atoms with Crippen LogP contribution in [0.25, 0.3) is 0 Å². The Hall–Kier alpha value is -1.89. The van der Waals surface area contributed by atoms with E-state index >= 15 is 0 Å². The van der Waals surface area contributed by atoms with E-state index < -0.39 is 10.5 Å². The van der Waals surface area contributed by atoms with E-state index in [1.54, 1.807) is 14.0 Å². The molecule has 3 N–H and O–H groups in total. The van der Waals surface area contributed by atoms with Crippen LogP contribution in [0, 0.1) is 10.1 Å². The van der Waals surface area contributed by atoms with Crippen molar-refractivity contribution in [3.63, 3.8) is 0 Å². The van der Waals surface area contributed by atoms with Crippen LogP contribution in [0.15, 0.2) is 12.1 Å². The minimum absolute atomic E-state index is 0.110. The smallest absolute Gasteiger partial charge is 0.311 e. The largest absolute Gasteiger partial charge is 0.388 e. The molecule has 1 heterocycles. The lowest BCUT2D eigenvalue weighted by Crippen LogP contribution is -2.32. The lowest BCUT2D eigenvalue weighted by molar-refractivity contribution is -0.384. The van der Waals surface area contributed by atoms with Gasteiger partial charge in [0.25, 0.3) is 0 Å². The van der Waals surface area contributed by atoms with Crippen molar-refractivity contribution in [1.82, 2.24) is 4.98 Å². The summed E-state index contributed by atoms with van der Waals surface area (Å²) in [6, 6.07) is 2.91. The molecule has 0 spiro atoms. The zero-order chi connectivity index (χ0) is 13.8. The number of aromatic nitrogens is 1. The standard InChI is InChI=1S/C11H18N4O3/c1-4-11(2,16)7-13-10-8(15(17)18)5-6-9(12-3)14-10/h5-6,16H,4,7H2,1-3H3,(H2,12,13,14). The molecular weight excluding hydrogens is 236 g/mol. The van der Waals surface area contributed by atoms with Crippen molar-refractivity contribution < 1.29 is 10.0 Å². The second-order valence-corrected chi connectivity index (χ2v) is 4.28. The van der Waals surface area contributed by atoms with Crippen molar-refractivity contribution in [2.45, 2.75) is 25.9 Å². The summed E-state index contributed by atoms with van der Waals surface area (Å²) in [5.74, 6) is 0.680. The van der Waals surface area contributed by atoms with E-state index in [2.05, 4.69) is 15.6 Å². The van der Waals surface area contributed by atoms with E-state index in [4.69, 9.17) is 0 Å². The second-order valence-electron chi connectivity index (χ2n) is 4.28. The molecule has 18 heavy (non-hydrogen) atoms. The molecule has 0 saturated heterocycles. The fraction of sp³-hybridized carbons (Fsp3) is 0.545. The lowest BCUT2D eigenvalue weighted by Gasteiger charge is -2.21. The summed E-state index contributed by atoms with van der Waals surface area (Å²) >= 11 is 0. The first-order chi connectivity index (χ1) is 8.39. The van der Waals surface area contributed by atoms with Crippen LogP contribution in [0.5, 0.6) is 0 Å². The Balaban J connectivity index is 2.94. The van der Waals surface area contributed by atoms with Crippen molar-refractivity contribution in [3.05, 3.63) is 22.2 Å². The predicted molar refractivity (Wildman–Crippen MR) is 69.8 cm³/mol. The summed E-state index contributed by atoms with van der Waals surface area (Å²) in [6.45, 7) is 3.70. The average Bonchev–Trinajstić information content (AvgIpc) is 2.36. The number of hydrogen-bond donors (Lipinski definition) is 3. The van der Waals surface area contributed by atoms with E-state index in [-0.39, 0.29) is 18.1 Å². The Labute approximate surface area is 105 Å². The molecule has 0 radical (unpaired) electrons. The summed E-state index contributed by atoms with van der Waals surface area (Å²) in [7, 11) is 1.68. The summed E-state index contributed by atoms with van der Waals surface area (Å²) in [5.41, 5.74) is -1.04. The molecule has 100 valence electrons. The van der Waals surface area contributed by atoms with Gasteiger partial charge in [-0.1, -0.05) is 6.92 Å². The Kier molecular flexibility index (Phi) is 4.43. The minimum Gasteiger partial charge on any atom is -0.388 e. The van der Waals surface area contributed by atoms with Crippen LogP contribution in [0.3, 0.4) is 0 Å². The molecule has 1 atom stereocenters. The number of nitrogens with one attached hydrogen (secondary N) is 2. The first-order valence-corrected chi connectivity index (χ1v) is 5.69. The number of aliphatic hydroxyl groups is 1. The van der Waals surface area contributed by atoms with Crippen LogP contribution in [-0.2, 0) is 0 Å². The number of anilines is 2. The molecule has 0 aliphatic carbocycles. The maximum absolute atomic E-state index is 10.9. The summed E-state index contributed by atoms with van der Waals surface area (Å²) in [4.78, 5) is 14.4. The van der Waals surface area contributed by atoms with E-state index in [1.807, 2.05) is 6.92 Å². The molecule has 1 aromatic heterocycles. The first-order valence-electron chi connectivity index (χ1n) is 5.69. The number of pyridine rings is 1.